The monoisotopic (exact) mass is 350 g/mol. The highest BCUT2D eigenvalue weighted by atomic mass is 19.1. The molecule has 0 bridgehead atoms. The van der Waals surface area contributed by atoms with Gasteiger partial charge in [-0.15, -0.1) is 0 Å². The minimum atomic E-state index is -0.948. The van der Waals surface area contributed by atoms with E-state index in [9.17, 15) is 19.1 Å². The number of rotatable bonds is 5. The molecule has 25 heavy (non-hydrogen) atoms. The maximum absolute atomic E-state index is 13.4. The first-order valence-corrected chi connectivity index (χ1v) is 8.56. The molecule has 6 nitrogen and oxygen atoms in total. The van der Waals surface area contributed by atoms with E-state index < -0.39 is 5.60 Å². The Balaban J connectivity index is 1.67. The summed E-state index contributed by atoms with van der Waals surface area (Å²) < 4.78 is 19.2. The lowest BCUT2D eigenvalue weighted by Gasteiger charge is -2.42. The quantitative estimate of drug-likeness (QED) is 0.843. The fourth-order valence-corrected chi connectivity index (χ4v) is 3.47. The number of benzene rings is 1. The van der Waals surface area contributed by atoms with Gasteiger partial charge in [0.05, 0.1) is 26.3 Å². The van der Waals surface area contributed by atoms with Crippen molar-refractivity contribution in [1.29, 1.82) is 0 Å². The summed E-state index contributed by atoms with van der Waals surface area (Å²) in [6, 6.07) is 6.15. The summed E-state index contributed by atoms with van der Waals surface area (Å²) in [4.78, 5) is 27.5. The number of carbonyl (C=O) groups excluding carboxylic acids is 2. The van der Waals surface area contributed by atoms with Crippen LogP contribution in [-0.2, 0) is 20.7 Å². The third-order valence-electron chi connectivity index (χ3n) is 4.80. The highest BCUT2D eigenvalue weighted by Gasteiger charge is 2.39. The number of morpholine rings is 1. The summed E-state index contributed by atoms with van der Waals surface area (Å²) in [5, 5.41) is 9.88. The van der Waals surface area contributed by atoms with Crippen LogP contribution in [0.5, 0.6) is 0 Å². The Morgan fingerprint density at radius 2 is 2.20 bits per heavy atom. The van der Waals surface area contributed by atoms with Crippen LogP contribution in [-0.4, -0.2) is 71.7 Å². The van der Waals surface area contributed by atoms with Crippen LogP contribution in [0, 0.1) is 5.82 Å². The van der Waals surface area contributed by atoms with E-state index in [4.69, 9.17) is 4.74 Å². The maximum atomic E-state index is 13.4. The van der Waals surface area contributed by atoms with Gasteiger partial charge in [-0.2, -0.15) is 0 Å². The van der Waals surface area contributed by atoms with E-state index in [0.29, 0.717) is 38.1 Å². The molecule has 2 heterocycles. The molecule has 136 valence electrons. The Morgan fingerprint density at radius 1 is 1.36 bits per heavy atom. The van der Waals surface area contributed by atoms with Gasteiger partial charge in [0.15, 0.2) is 0 Å². The van der Waals surface area contributed by atoms with E-state index in [-0.39, 0.29) is 37.3 Å². The van der Waals surface area contributed by atoms with Crippen molar-refractivity contribution in [2.75, 3.05) is 39.4 Å². The predicted octanol–water partition coefficient (Wildman–Crippen LogP) is 0.581. The van der Waals surface area contributed by atoms with Crippen LogP contribution in [0.1, 0.15) is 18.4 Å². The van der Waals surface area contributed by atoms with Crippen LogP contribution in [0.4, 0.5) is 4.39 Å². The summed E-state index contributed by atoms with van der Waals surface area (Å²) >= 11 is 0. The van der Waals surface area contributed by atoms with Gasteiger partial charge in [0.1, 0.15) is 11.4 Å². The largest absolute Gasteiger partial charge is 0.393 e. The van der Waals surface area contributed by atoms with E-state index in [2.05, 4.69) is 0 Å². The molecule has 2 saturated heterocycles. The van der Waals surface area contributed by atoms with Crippen molar-refractivity contribution in [2.45, 2.75) is 24.9 Å². The minimum absolute atomic E-state index is 0.00907. The summed E-state index contributed by atoms with van der Waals surface area (Å²) in [5.74, 6) is -0.479. The number of hydrogen-bond acceptors (Lipinski definition) is 4. The van der Waals surface area contributed by atoms with Gasteiger partial charge in [-0.3, -0.25) is 9.59 Å². The lowest BCUT2D eigenvalue weighted by Crippen LogP contribution is -2.58. The molecule has 0 unspecified atom stereocenters. The predicted molar refractivity (Wildman–Crippen MR) is 88.3 cm³/mol. The minimum Gasteiger partial charge on any atom is -0.393 e. The summed E-state index contributed by atoms with van der Waals surface area (Å²) in [7, 11) is 0. The van der Waals surface area contributed by atoms with E-state index in [1.165, 1.54) is 12.1 Å². The number of aliphatic hydroxyl groups excluding tert-OH is 1. The van der Waals surface area contributed by atoms with Crippen LogP contribution in [0.2, 0.25) is 0 Å². The second kappa shape index (κ2) is 7.49. The van der Waals surface area contributed by atoms with E-state index >= 15 is 0 Å². The summed E-state index contributed by atoms with van der Waals surface area (Å²) in [5.41, 5.74) is -0.241. The molecule has 0 saturated carbocycles. The molecule has 0 radical (unpaired) electrons. The normalized spacial score (nSPS) is 24.0. The van der Waals surface area contributed by atoms with Gasteiger partial charge >= 0.3 is 0 Å². The van der Waals surface area contributed by atoms with Crippen molar-refractivity contribution in [3.05, 3.63) is 35.6 Å². The lowest BCUT2D eigenvalue weighted by atomic mass is 9.93. The molecule has 2 amide bonds. The molecular formula is C18H23FN2O4. The second-order valence-electron chi connectivity index (χ2n) is 6.73. The molecule has 1 aromatic rings. The Hall–Kier alpha value is -1.99. The molecule has 1 atom stereocenters. The molecule has 3 rings (SSSR count). The van der Waals surface area contributed by atoms with Crippen molar-refractivity contribution in [2.24, 2.45) is 0 Å². The summed E-state index contributed by atoms with van der Waals surface area (Å²) in [6.07, 6.45) is 1.60. The first-order chi connectivity index (χ1) is 12.0. The Labute approximate surface area is 146 Å². The van der Waals surface area contributed by atoms with Crippen molar-refractivity contribution >= 4 is 11.8 Å². The van der Waals surface area contributed by atoms with Crippen LogP contribution in [0.3, 0.4) is 0 Å². The SMILES string of the molecule is O=C1CCCN1CC(=O)N1CCO[C@@](CO)(Cc2cccc(F)c2)C1. The molecule has 7 heteroatoms. The molecule has 0 aromatic heterocycles. The van der Waals surface area contributed by atoms with Crippen molar-refractivity contribution in [3.8, 4) is 0 Å². The molecule has 2 aliphatic rings. The number of aliphatic hydroxyl groups is 1. The number of ether oxygens (including phenoxy) is 1. The number of hydrogen-bond donors (Lipinski definition) is 1. The Morgan fingerprint density at radius 3 is 2.88 bits per heavy atom. The molecule has 2 aliphatic heterocycles. The van der Waals surface area contributed by atoms with Crippen molar-refractivity contribution in [3.63, 3.8) is 0 Å². The number of amides is 2. The average Bonchev–Trinajstić information content (AvgIpc) is 3.00. The molecular weight excluding hydrogens is 327 g/mol. The Bertz CT molecular complexity index is 654. The molecule has 0 aliphatic carbocycles. The maximum Gasteiger partial charge on any atom is 0.242 e. The molecule has 1 aromatic carbocycles. The number of halogens is 1. The summed E-state index contributed by atoms with van der Waals surface area (Å²) in [6.45, 7) is 1.36. The molecule has 1 N–H and O–H groups in total. The van der Waals surface area contributed by atoms with Crippen LogP contribution >= 0.6 is 0 Å². The fourth-order valence-electron chi connectivity index (χ4n) is 3.47. The first-order valence-electron chi connectivity index (χ1n) is 8.56. The fraction of sp³-hybridized carbons (Fsp3) is 0.556. The van der Waals surface area contributed by atoms with Crippen molar-refractivity contribution in [1.82, 2.24) is 9.80 Å². The third kappa shape index (κ3) is 4.16. The number of nitrogens with zero attached hydrogens (tertiary/aromatic N) is 2. The number of likely N-dealkylation sites (tertiary alicyclic amines) is 1. The zero-order valence-electron chi connectivity index (χ0n) is 14.1. The smallest absolute Gasteiger partial charge is 0.242 e. The highest BCUT2D eigenvalue weighted by molar-refractivity contribution is 5.86. The topological polar surface area (TPSA) is 70.1 Å². The van der Waals surface area contributed by atoms with Gasteiger partial charge in [0.25, 0.3) is 0 Å². The van der Waals surface area contributed by atoms with Crippen molar-refractivity contribution < 1.29 is 23.8 Å². The van der Waals surface area contributed by atoms with Gasteiger partial charge in [-0.25, -0.2) is 4.39 Å². The Kier molecular flexibility index (Phi) is 5.34. The van der Waals surface area contributed by atoms with Crippen LogP contribution < -0.4 is 0 Å². The lowest BCUT2D eigenvalue weighted by molar-refractivity contribution is -0.159. The van der Waals surface area contributed by atoms with Gasteiger partial charge in [0.2, 0.25) is 11.8 Å². The van der Waals surface area contributed by atoms with Crippen LogP contribution in [0.25, 0.3) is 0 Å². The number of carbonyl (C=O) groups is 2. The van der Waals surface area contributed by atoms with E-state index in [1.54, 1.807) is 21.9 Å². The van der Waals surface area contributed by atoms with E-state index in [0.717, 1.165) is 6.42 Å². The van der Waals surface area contributed by atoms with Gasteiger partial charge < -0.3 is 19.6 Å². The third-order valence-corrected chi connectivity index (χ3v) is 4.80. The zero-order chi connectivity index (χ0) is 17.9. The average molecular weight is 350 g/mol. The van der Waals surface area contributed by atoms with Gasteiger partial charge in [-0.05, 0) is 24.1 Å². The molecule has 0 spiro atoms. The first kappa shape index (κ1) is 17.8. The zero-order valence-corrected chi connectivity index (χ0v) is 14.1. The standard InChI is InChI=1S/C18H23FN2O4/c19-15-4-1-3-14(9-15)10-18(13-22)12-21(7-8-25-18)17(24)11-20-6-2-5-16(20)23/h1,3-4,9,22H,2,5-8,10-13H2/t18-/m0/s1. The van der Waals surface area contributed by atoms with E-state index in [1.807, 2.05) is 0 Å². The molecule has 2 fully saturated rings. The second-order valence-corrected chi connectivity index (χ2v) is 6.73. The van der Waals surface area contributed by atoms with Gasteiger partial charge in [0, 0.05) is 25.9 Å². The van der Waals surface area contributed by atoms with Crippen LogP contribution in [0.15, 0.2) is 24.3 Å². The van der Waals surface area contributed by atoms with Gasteiger partial charge in [-0.1, -0.05) is 12.1 Å². The highest BCUT2D eigenvalue weighted by Crippen LogP contribution is 2.24.